The minimum Gasteiger partial charge on any atom is -0.598 e. The van der Waals surface area contributed by atoms with Crippen LogP contribution in [0.5, 0.6) is 0 Å². The third-order valence-corrected chi connectivity index (χ3v) is 1.07. The Hall–Kier alpha value is -0.120. The molecule has 50 valence electrons. The normalized spacial score (nSPS) is 18.0. The van der Waals surface area contributed by atoms with E-state index in [2.05, 4.69) is 0 Å². The molecule has 1 atom stereocenters. The van der Waals surface area contributed by atoms with Crippen LogP contribution >= 0.6 is 0 Å². The van der Waals surface area contributed by atoms with Gasteiger partial charge in [-0.05, 0) is 13.3 Å². The summed E-state index contributed by atoms with van der Waals surface area (Å²) < 4.78 is 0. The van der Waals surface area contributed by atoms with Crippen LogP contribution < -0.4 is 0 Å². The first-order valence-corrected chi connectivity index (χ1v) is 2.93. The maximum Gasteiger partial charge on any atom is 0.108 e. The summed E-state index contributed by atoms with van der Waals surface area (Å²) in [5.74, 6) is 0. The monoisotopic (exact) mass is 119 g/mol. The molecular formula is C5H13NO2. The van der Waals surface area contributed by atoms with Crippen molar-refractivity contribution in [2.45, 2.75) is 20.3 Å². The van der Waals surface area contributed by atoms with Crippen molar-refractivity contribution in [2.24, 2.45) is 0 Å². The van der Waals surface area contributed by atoms with E-state index < -0.39 is 4.81 Å². The minimum absolute atomic E-state index is 0.244. The summed E-state index contributed by atoms with van der Waals surface area (Å²) >= 11 is 0. The van der Waals surface area contributed by atoms with E-state index in [1.807, 2.05) is 6.92 Å². The summed E-state index contributed by atoms with van der Waals surface area (Å²) in [4.78, 5) is -1.09. The molecule has 1 unspecified atom stereocenters. The highest BCUT2D eigenvalue weighted by molar-refractivity contribution is 4.26. The molecule has 1 N–H and O–H groups in total. The fourth-order valence-corrected chi connectivity index (χ4v) is 0.508. The second kappa shape index (κ2) is 3.02. The van der Waals surface area contributed by atoms with E-state index in [-0.39, 0.29) is 6.54 Å². The predicted octanol–water partition coefficient (Wildman–Crippen LogP) is 1.12. The second-order valence-corrected chi connectivity index (χ2v) is 1.89. The first kappa shape index (κ1) is 7.88. The molecule has 8 heavy (non-hydrogen) atoms. The van der Waals surface area contributed by atoms with E-state index in [4.69, 9.17) is 5.21 Å². The maximum absolute atomic E-state index is 10.6. The van der Waals surface area contributed by atoms with E-state index in [1.165, 1.54) is 0 Å². The van der Waals surface area contributed by atoms with E-state index in [9.17, 15) is 5.21 Å². The van der Waals surface area contributed by atoms with Crippen LogP contribution in [0, 0.1) is 5.21 Å². The summed E-state index contributed by atoms with van der Waals surface area (Å²) in [6, 6.07) is 0. The number of hydrogen-bond acceptors (Lipinski definition) is 2. The minimum atomic E-state index is -1.09. The van der Waals surface area contributed by atoms with Gasteiger partial charge in [0, 0.05) is 0 Å². The van der Waals surface area contributed by atoms with Gasteiger partial charge in [0.1, 0.15) is 13.1 Å². The Morgan fingerprint density at radius 3 is 2.12 bits per heavy atom. The molecule has 0 saturated carbocycles. The third-order valence-electron chi connectivity index (χ3n) is 1.07. The van der Waals surface area contributed by atoms with Crippen LogP contribution in [0.1, 0.15) is 20.3 Å². The molecule has 0 saturated heterocycles. The lowest BCUT2D eigenvalue weighted by molar-refractivity contribution is -1.06. The number of hydroxylamine groups is 4. The molecule has 0 aliphatic rings. The van der Waals surface area contributed by atoms with Gasteiger partial charge in [0.2, 0.25) is 0 Å². The van der Waals surface area contributed by atoms with Crippen molar-refractivity contribution in [3.05, 3.63) is 5.21 Å². The Balaban J connectivity index is 3.37. The zero-order chi connectivity index (χ0) is 6.62. The Kier molecular flexibility index (Phi) is 2.97. The van der Waals surface area contributed by atoms with Gasteiger partial charge >= 0.3 is 0 Å². The number of quaternary nitrogens is 1. The van der Waals surface area contributed by atoms with Crippen LogP contribution in [-0.4, -0.2) is 23.1 Å². The van der Waals surface area contributed by atoms with E-state index in [0.717, 1.165) is 6.42 Å². The highest BCUT2D eigenvalue weighted by Crippen LogP contribution is 1.97. The van der Waals surface area contributed by atoms with Gasteiger partial charge in [-0.2, -0.15) is 0 Å². The van der Waals surface area contributed by atoms with Gasteiger partial charge in [-0.3, -0.25) is 0 Å². The van der Waals surface area contributed by atoms with Crippen molar-refractivity contribution in [1.29, 1.82) is 0 Å². The Labute approximate surface area is 49.7 Å². The van der Waals surface area contributed by atoms with Gasteiger partial charge in [0.05, 0.1) is 0 Å². The SMILES string of the molecule is CCC[N+]([O-])(O)CC. The van der Waals surface area contributed by atoms with Gasteiger partial charge < -0.3 is 5.21 Å². The zero-order valence-corrected chi connectivity index (χ0v) is 5.42. The lowest BCUT2D eigenvalue weighted by atomic mass is 10.5. The lowest BCUT2D eigenvalue weighted by Gasteiger charge is -2.31. The molecule has 0 spiro atoms. The van der Waals surface area contributed by atoms with E-state index in [1.54, 1.807) is 6.92 Å². The molecule has 3 heteroatoms. The van der Waals surface area contributed by atoms with Crippen molar-refractivity contribution in [3.63, 3.8) is 0 Å². The van der Waals surface area contributed by atoms with E-state index in [0.29, 0.717) is 6.54 Å². The Morgan fingerprint density at radius 2 is 2.00 bits per heavy atom. The van der Waals surface area contributed by atoms with Crippen LogP contribution in [0.3, 0.4) is 0 Å². The molecule has 3 nitrogen and oxygen atoms in total. The quantitative estimate of drug-likeness (QED) is 0.447. The molecule has 0 rings (SSSR count). The zero-order valence-electron chi connectivity index (χ0n) is 5.42. The Morgan fingerprint density at radius 1 is 1.50 bits per heavy atom. The third kappa shape index (κ3) is 2.96. The fourth-order valence-electron chi connectivity index (χ4n) is 0.508. The van der Waals surface area contributed by atoms with Crippen LogP contribution in [0.25, 0.3) is 0 Å². The first-order valence-electron chi connectivity index (χ1n) is 2.93. The van der Waals surface area contributed by atoms with Crippen molar-refractivity contribution in [1.82, 2.24) is 0 Å². The standard InChI is InChI=1S/C5H13NO2/c1-3-5-6(7,8)4-2/h7H,3-5H2,1-2H3. The van der Waals surface area contributed by atoms with Crippen molar-refractivity contribution in [3.8, 4) is 0 Å². The highest BCUT2D eigenvalue weighted by atomic mass is 16.8. The fraction of sp³-hybridized carbons (Fsp3) is 1.00. The summed E-state index contributed by atoms with van der Waals surface area (Å²) in [5.41, 5.74) is 0. The average Bonchev–Trinajstić information content (AvgIpc) is 1.67. The van der Waals surface area contributed by atoms with Crippen LogP contribution in [0.15, 0.2) is 0 Å². The van der Waals surface area contributed by atoms with Crippen molar-refractivity contribution >= 4 is 0 Å². The largest absolute Gasteiger partial charge is 0.598 e. The summed E-state index contributed by atoms with van der Waals surface area (Å²) in [6.45, 7) is 4.09. The van der Waals surface area contributed by atoms with Gasteiger partial charge in [0.25, 0.3) is 0 Å². The summed E-state index contributed by atoms with van der Waals surface area (Å²) in [5, 5.41) is 19.3. The molecular weight excluding hydrogens is 106 g/mol. The molecule has 0 heterocycles. The summed E-state index contributed by atoms with van der Waals surface area (Å²) in [7, 11) is 0. The van der Waals surface area contributed by atoms with Crippen molar-refractivity contribution in [2.75, 3.05) is 13.1 Å². The van der Waals surface area contributed by atoms with Gasteiger partial charge in [-0.15, -0.1) is 0 Å². The molecule has 0 fully saturated rings. The van der Waals surface area contributed by atoms with Crippen molar-refractivity contribution < 1.29 is 10.0 Å². The molecule has 0 aromatic heterocycles. The number of nitrogens with zero attached hydrogens (tertiary/aromatic N) is 1. The molecule has 0 radical (unpaired) electrons. The molecule has 0 amide bonds. The molecule has 0 aromatic rings. The van der Waals surface area contributed by atoms with Gasteiger partial charge in [-0.1, -0.05) is 6.92 Å². The highest BCUT2D eigenvalue weighted by Gasteiger charge is 2.05. The molecule has 0 bridgehead atoms. The predicted molar refractivity (Wildman–Crippen MR) is 31.1 cm³/mol. The average molecular weight is 119 g/mol. The first-order chi connectivity index (χ1) is 3.62. The topological polar surface area (TPSA) is 43.3 Å². The smallest absolute Gasteiger partial charge is 0.108 e. The second-order valence-electron chi connectivity index (χ2n) is 1.89. The maximum atomic E-state index is 10.6. The van der Waals surface area contributed by atoms with Crippen LogP contribution in [-0.2, 0) is 0 Å². The van der Waals surface area contributed by atoms with Gasteiger partial charge in [-0.25, -0.2) is 10.0 Å². The van der Waals surface area contributed by atoms with Crippen LogP contribution in [0.2, 0.25) is 0 Å². The Bertz CT molecular complexity index is 63.4. The van der Waals surface area contributed by atoms with E-state index >= 15 is 0 Å². The summed E-state index contributed by atoms with van der Waals surface area (Å²) in [6.07, 6.45) is 0.730. The number of rotatable bonds is 3. The lowest BCUT2D eigenvalue weighted by Crippen LogP contribution is -2.38. The number of hydrogen-bond donors (Lipinski definition) is 1. The molecule has 0 aromatic carbocycles. The van der Waals surface area contributed by atoms with Gasteiger partial charge in [0.15, 0.2) is 0 Å². The molecule has 0 aliphatic heterocycles. The molecule has 0 aliphatic carbocycles. The van der Waals surface area contributed by atoms with Crippen LogP contribution in [0.4, 0.5) is 0 Å².